The van der Waals surface area contributed by atoms with E-state index >= 15 is 0 Å². The molecule has 0 aliphatic rings. The topological polar surface area (TPSA) is 59.8 Å². The molecule has 0 saturated carbocycles. The Labute approximate surface area is 139 Å². The minimum Gasteiger partial charge on any atom is -0.349 e. The zero-order valence-corrected chi connectivity index (χ0v) is 13.2. The number of carbonyl (C=O) groups is 1. The average Bonchev–Trinajstić information content (AvgIpc) is 3.06. The van der Waals surface area contributed by atoms with Crippen molar-refractivity contribution >= 4 is 5.91 Å². The number of rotatable bonds is 5. The molecule has 1 aromatic carbocycles. The zero-order chi connectivity index (χ0) is 16.9. The van der Waals surface area contributed by atoms with Crippen LogP contribution in [-0.2, 0) is 11.2 Å². The summed E-state index contributed by atoms with van der Waals surface area (Å²) in [6.07, 6.45) is 5.21. The fourth-order valence-electron chi connectivity index (χ4n) is 2.37. The number of carbonyl (C=O) groups excluding carboxylic acids is 1. The van der Waals surface area contributed by atoms with Crippen molar-refractivity contribution in [2.75, 3.05) is 0 Å². The molecule has 0 unspecified atom stereocenters. The van der Waals surface area contributed by atoms with Gasteiger partial charge in [0, 0.05) is 23.7 Å². The lowest BCUT2D eigenvalue weighted by Gasteiger charge is -2.12. The molecule has 1 atom stereocenters. The van der Waals surface area contributed by atoms with Crippen molar-refractivity contribution in [1.82, 2.24) is 20.1 Å². The molecule has 122 valence electrons. The highest BCUT2D eigenvalue weighted by Crippen LogP contribution is 2.16. The monoisotopic (exact) mass is 324 g/mol. The molecular formula is C18H17FN4O. The minimum absolute atomic E-state index is 0.125. The molecule has 2 heterocycles. The van der Waals surface area contributed by atoms with Crippen molar-refractivity contribution in [3.63, 3.8) is 0 Å². The maximum atomic E-state index is 13.8. The van der Waals surface area contributed by atoms with Crippen LogP contribution in [0.5, 0.6) is 0 Å². The molecule has 0 bridgehead atoms. The standard InChI is InChI=1S/C18H17FN4O/c1-13(22-18(24)10-15-6-4-5-9-20-15)14-11-21-23(12-14)17-8-3-2-7-16(17)19/h2-9,11-13H,10H2,1H3,(H,22,24)/t13-/m1/s1. The number of aromatic nitrogens is 3. The number of pyridine rings is 1. The minimum atomic E-state index is -0.348. The van der Waals surface area contributed by atoms with Crippen LogP contribution < -0.4 is 5.32 Å². The first-order chi connectivity index (χ1) is 11.6. The third kappa shape index (κ3) is 3.65. The molecule has 0 saturated heterocycles. The maximum Gasteiger partial charge on any atom is 0.226 e. The molecule has 24 heavy (non-hydrogen) atoms. The number of nitrogens with one attached hydrogen (secondary N) is 1. The quantitative estimate of drug-likeness (QED) is 0.785. The first kappa shape index (κ1) is 15.9. The molecule has 1 N–H and O–H groups in total. The van der Waals surface area contributed by atoms with Crippen LogP contribution in [0.25, 0.3) is 5.69 Å². The number of hydrogen-bond donors (Lipinski definition) is 1. The number of para-hydroxylation sites is 1. The van der Waals surface area contributed by atoms with Crippen LogP contribution in [0.2, 0.25) is 0 Å². The summed E-state index contributed by atoms with van der Waals surface area (Å²) >= 11 is 0. The fourth-order valence-corrected chi connectivity index (χ4v) is 2.37. The summed E-state index contributed by atoms with van der Waals surface area (Å²) in [5.41, 5.74) is 1.88. The second kappa shape index (κ2) is 7.04. The highest BCUT2D eigenvalue weighted by molar-refractivity contribution is 5.78. The molecule has 3 rings (SSSR count). The molecular weight excluding hydrogens is 307 g/mol. The van der Waals surface area contributed by atoms with Gasteiger partial charge in [-0.3, -0.25) is 9.78 Å². The SMILES string of the molecule is C[C@@H](NC(=O)Cc1ccccn1)c1cnn(-c2ccccc2F)c1. The molecule has 0 fully saturated rings. The third-order valence-corrected chi connectivity index (χ3v) is 3.65. The number of halogens is 1. The lowest BCUT2D eigenvalue weighted by molar-refractivity contribution is -0.121. The Morgan fingerprint density at radius 3 is 2.79 bits per heavy atom. The molecule has 3 aromatic rings. The summed E-state index contributed by atoms with van der Waals surface area (Å²) in [6.45, 7) is 1.86. The number of benzene rings is 1. The summed E-state index contributed by atoms with van der Waals surface area (Å²) in [6, 6.07) is 11.6. The van der Waals surface area contributed by atoms with Crippen LogP contribution in [0.3, 0.4) is 0 Å². The molecule has 0 aliphatic heterocycles. The second-order valence-electron chi connectivity index (χ2n) is 5.46. The van der Waals surface area contributed by atoms with Crippen molar-refractivity contribution in [3.8, 4) is 5.69 Å². The summed E-state index contributed by atoms with van der Waals surface area (Å²) in [7, 11) is 0. The predicted octanol–water partition coefficient (Wildman–Crippen LogP) is 2.83. The lowest BCUT2D eigenvalue weighted by atomic mass is 10.2. The average molecular weight is 324 g/mol. The molecule has 0 spiro atoms. The summed E-state index contributed by atoms with van der Waals surface area (Å²) in [5, 5.41) is 7.07. The van der Waals surface area contributed by atoms with Crippen molar-refractivity contribution in [1.29, 1.82) is 0 Å². The largest absolute Gasteiger partial charge is 0.349 e. The van der Waals surface area contributed by atoms with Crippen LogP contribution in [0.4, 0.5) is 4.39 Å². The summed E-state index contributed by atoms with van der Waals surface area (Å²) < 4.78 is 15.3. The van der Waals surface area contributed by atoms with E-state index in [1.165, 1.54) is 10.7 Å². The molecule has 0 aliphatic carbocycles. The van der Waals surface area contributed by atoms with E-state index in [0.717, 1.165) is 5.56 Å². The second-order valence-corrected chi connectivity index (χ2v) is 5.46. The normalized spacial score (nSPS) is 11.9. The Kier molecular flexibility index (Phi) is 4.65. The fraction of sp³-hybridized carbons (Fsp3) is 0.167. The number of hydrogen-bond acceptors (Lipinski definition) is 3. The van der Waals surface area contributed by atoms with Gasteiger partial charge in [0.15, 0.2) is 0 Å². The van der Waals surface area contributed by atoms with Crippen LogP contribution >= 0.6 is 0 Å². The zero-order valence-electron chi connectivity index (χ0n) is 13.2. The first-order valence-electron chi connectivity index (χ1n) is 7.62. The van der Waals surface area contributed by atoms with E-state index < -0.39 is 0 Å². The van der Waals surface area contributed by atoms with E-state index in [0.29, 0.717) is 11.4 Å². The highest BCUT2D eigenvalue weighted by atomic mass is 19.1. The summed E-state index contributed by atoms with van der Waals surface area (Å²) in [4.78, 5) is 16.2. The van der Waals surface area contributed by atoms with Gasteiger partial charge in [-0.25, -0.2) is 9.07 Å². The van der Waals surface area contributed by atoms with Gasteiger partial charge in [0.25, 0.3) is 0 Å². The van der Waals surface area contributed by atoms with Crippen molar-refractivity contribution in [2.24, 2.45) is 0 Å². The van der Waals surface area contributed by atoms with Crippen LogP contribution in [0.1, 0.15) is 24.2 Å². The van der Waals surface area contributed by atoms with E-state index in [-0.39, 0.29) is 24.2 Å². The van der Waals surface area contributed by atoms with E-state index in [1.54, 1.807) is 48.9 Å². The van der Waals surface area contributed by atoms with E-state index in [4.69, 9.17) is 0 Å². The van der Waals surface area contributed by atoms with Crippen molar-refractivity contribution < 1.29 is 9.18 Å². The van der Waals surface area contributed by atoms with Gasteiger partial charge in [-0.2, -0.15) is 5.10 Å². The lowest BCUT2D eigenvalue weighted by Crippen LogP contribution is -2.28. The Morgan fingerprint density at radius 1 is 1.25 bits per heavy atom. The number of amides is 1. The predicted molar refractivity (Wildman–Crippen MR) is 88.0 cm³/mol. The van der Waals surface area contributed by atoms with Gasteiger partial charge in [-0.05, 0) is 31.2 Å². The Balaban J connectivity index is 1.67. The molecule has 1 amide bonds. The first-order valence-corrected chi connectivity index (χ1v) is 7.62. The maximum absolute atomic E-state index is 13.8. The molecule has 6 heteroatoms. The highest BCUT2D eigenvalue weighted by Gasteiger charge is 2.13. The Hall–Kier alpha value is -3.02. The van der Waals surface area contributed by atoms with Gasteiger partial charge in [0.05, 0.1) is 18.7 Å². The van der Waals surface area contributed by atoms with Crippen molar-refractivity contribution in [2.45, 2.75) is 19.4 Å². The summed E-state index contributed by atoms with van der Waals surface area (Å²) in [5.74, 6) is -0.473. The van der Waals surface area contributed by atoms with Gasteiger partial charge in [0.1, 0.15) is 11.5 Å². The Bertz CT molecular complexity index is 832. The smallest absolute Gasteiger partial charge is 0.226 e. The molecule has 0 radical (unpaired) electrons. The molecule has 5 nitrogen and oxygen atoms in total. The van der Waals surface area contributed by atoms with E-state index in [9.17, 15) is 9.18 Å². The van der Waals surface area contributed by atoms with Gasteiger partial charge < -0.3 is 5.32 Å². The van der Waals surface area contributed by atoms with Crippen LogP contribution in [0.15, 0.2) is 61.1 Å². The van der Waals surface area contributed by atoms with E-state index in [2.05, 4.69) is 15.4 Å². The number of nitrogens with zero attached hydrogens (tertiary/aromatic N) is 3. The van der Waals surface area contributed by atoms with Gasteiger partial charge in [-0.15, -0.1) is 0 Å². The third-order valence-electron chi connectivity index (χ3n) is 3.65. The van der Waals surface area contributed by atoms with Crippen molar-refractivity contribution in [3.05, 3.63) is 78.1 Å². The van der Waals surface area contributed by atoms with Crippen LogP contribution in [0, 0.1) is 5.82 Å². The van der Waals surface area contributed by atoms with Crippen LogP contribution in [-0.4, -0.2) is 20.7 Å². The Morgan fingerprint density at radius 2 is 2.04 bits per heavy atom. The van der Waals surface area contributed by atoms with E-state index in [1.807, 2.05) is 13.0 Å². The molecule has 2 aromatic heterocycles. The van der Waals surface area contributed by atoms with Gasteiger partial charge >= 0.3 is 0 Å². The van der Waals surface area contributed by atoms with Gasteiger partial charge in [-0.1, -0.05) is 18.2 Å². The van der Waals surface area contributed by atoms with Gasteiger partial charge in [0.2, 0.25) is 5.91 Å².